The molecule has 0 aliphatic heterocycles. The molecule has 0 bridgehead atoms. The molecule has 0 aliphatic rings. The van der Waals surface area contributed by atoms with E-state index in [2.05, 4.69) is 16.3 Å². The molecule has 80 valence electrons. The van der Waals surface area contributed by atoms with E-state index in [0.29, 0.717) is 15.2 Å². The maximum Gasteiger partial charge on any atom is 0.207 e. The van der Waals surface area contributed by atoms with Crippen LogP contribution in [0.25, 0.3) is 21.7 Å². The minimum atomic E-state index is 0.423. The molecule has 2 heterocycles. The predicted molar refractivity (Wildman–Crippen MR) is 64.9 cm³/mol. The van der Waals surface area contributed by atoms with Gasteiger partial charge in [0.15, 0.2) is 10.8 Å². The van der Waals surface area contributed by atoms with Crippen LogP contribution in [-0.4, -0.2) is 10.2 Å². The van der Waals surface area contributed by atoms with Crippen LogP contribution in [0.2, 0.25) is 4.47 Å². The molecule has 0 saturated heterocycles. The minimum absolute atomic E-state index is 0.423. The van der Waals surface area contributed by atoms with E-state index in [4.69, 9.17) is 16.0 Å². The molecule has 0 fully saturated rings. The van der Waals surface area contributed by atoms with Crippen LogP contribution in [0.5, 0.6) is 0 Å². The third-order valence-electron chi connectivity index (χ3n) is 2.28. The molecule has 3 aromatic rings. The highest BCUT2D eigenvalue weighted by atomic mass is 35.5. The lowest BCUT2D eigenvalue weighted by Gasteiger charge is -1.89. The predicted octanol–water partition coefficient (Wildman–Crippen LogP) is 3.91. The minimum Gasteiger partial charge on any atom is -0.453 e. The van der Waals surface area contributed by atoms with Crippen molar-refractivity contribution in [2.45, 2.75) is 6.92 Å². The maximum atomic E-state index is 5.74. The molecule has 3 nitrogen and oxygen atoms in total. The Labute approximate surface area is 101 Å². The monoisotopic (exact) mass is 250 g/mol. The zero-order valence-electron chi connectivity index (χ0n) is 8.40. The van der Waals surface area contributed by atoms with Crippen LogP contribution < -0.4 is 0 Å². The second kappa shape index (κ2) is 3.57. The van der Waals surface area contributed by atoms with Gasteiger partial charge in [0.2, 0.25) is 4.47 Å². The summed E-state index contributed by atoms with van der Waals surface area (Å²) in [5.41, 5.74) is 2.06. The second-order valence-electron chi connectivity index (χ2n) is 3.51. The molecule has 16 heavy (non-hydrogen) atoms. The number of halogens is 1. The molecule has 0 atom stereocenters. The molecule has 2 aromatic heterocycles. The topological polar surface area (TPSA) is 38.9 Å². The van der Waals surface area contributed by atoms with Gasteiger partial charge in [-0.1, -0.05) is 23.0 Å². The van der Waals surface area contributed by atoms with E-state index in [-0.39, 0.29) is 0 Å². The van der Waals surface area contributed by atoms with Gasteiger partial charge >= 0.3 is 0 Å². The Balaban J connectivity index is 2.18. The van der Waals surface area contributed by atoms with Crippen LogP contribution in [0, 0.1) is 6.92 Å². The quantitative estimate of drug-likeness (QED) is 0.657. The molecule has 1 aromatic carbocycles. The van der Waals surface area contributed by atoms with Crippen molar-refractivity contribution in [1.82, 2.24) is 10.2 Å². The van der Waals surface area contributed by atoms with Crippen molar-refractivity contribution in [3.63, 3.8) is 0 Å². The van der Waals surface area contributed by atoms with Crippen LogP contribution in [-0.2, 0) is 0 Å². The lowest BCUT2D eigenvalue weighted by molar-refractivity contribution is 0.630. The van der Waals surface area contributed by atoms with Crippen LogP contribution in [0.3, 0.4) is 0 Å². The van der Waals surface area contributed by atoms with Gasteiger partial charge in [-0.2, -0.15) is 0 Å². The van der Waals surface area contributed by atoms with Crippen molar-refractivity contribution in [3.05, 3.63) is 34.3 Å². The van der Waals surface area contributed by atoms with Gasteiger partial charge in [0.25, 0.3) is 0 Å². The van der Waals surface area contributed by atoms with Gasteiger partial charge in [-0.3, -0.25) is 0 Å². The average molecular weight is 251 g/mol. The molecular weight excluding hydrogens is 244 g/mol. The number of fused-ring (bicyclic) bond motifs is 1. The Hall–Kier alpha value is -1.39. The first-order valence-electron chi connectivity index (χ1n) is 4.72. The standard InChI is InChI=1S/C11H7ClN2OS/c1-6-2-3-8-7(4-6)5-9(15-8)10-13-14-11(12)16-10/h2-5H,1H3. The molecule has 5 heteroatoms. The molecule has 0 spiro atoms. The lowest BCUT2D eigenvalue weighted by atomic mass is 10.2. The Kier molecular flexibility index (Phi) is 2.19. The van der Waals surface area contributed by atoms with Gasteiger partial charge < -0.3 is 4.42 Å². The molecule has 0 aliphatic carbocycles. The van der Waals surface area contributed by atoms with Crippen molar-refractivity contribution in [2.75, 3.05) is 0 Å². The van der Waals surface area contributed by atoms with Gasteiger partial charge in [0.1, 0.15) is 5.58 Å². The van der Waals surface area contributed by atoms with E-state index in [1.165, 1.54) is 16.9 Å². The fourth-order valence-electron chi connectivity index (χ4n) is 1.57. The Bertz CT molecular complexity index is 659. The summed E-state index contributed by atoms with van der Waals surface area (Å²) in [6.45, 7) is 2.05. The summed E-state index contributed by atoms with van der Waals surface area (Å²) in [7, 11) is 0. The van der Waals surface area contributed by atoms with Crippen molar-refractivity contribution in [1.29, 1.82) is 0 Å². The number of hydrogen-bond acceptors (Lipinski definition) is 4. The average Bonchev–Trinajstić information content (AvgIpc) is 2.83. The van der Waals surface area contributed by atoms with Gasteiger partial charge in [-0.05, 0) is 36.7 Å². The van der Waals surface area contributed by atoms with Crippen molar-refractivity contribution in [3.8, 4) is 10.8 Å². The number of aryl methyl sites for hydroxylation is 1. The number of nitrogens with zero attached hydrogens (tertiary/aromatic N) is 2. The van der Waals surface area contributed by atoms with E-state index in [1.54, 1.807) is 0 Å². The summed E-state index contributed by atoms with van der Waals surface area (Å²) in [5, 5.41) is 9.48. The van der Waals surface area contributed by atoms with Crippen molar-refractivity contribution >= 4 is 33.9 Å². The van der Waals surface area contributed by atoms with Gasteiger partial charge in [-0.25, -0.2) is 0 Å². The molecule has 0 amide bonds. The smallest absolute Gasteiger partial charge is 0.207 e. The summed E-state index contributed by atoms with van der Waals surface area (Å²) in [6, 6.07) is 8.00. The van der Waals surface area contributed by atoms with E-state index in [1.807, 2.05) is 25.1 Å². The van der Waals surface area contributed by atoms with E-state index in [9.17, 15) is 0 Å². The summed E-state index contributed by atoms with van der Waals surface area (Å²) in [5.74, 6) is 0.713. The third kappa shape index (κ3) is 1.60. The van der Waals surface area contributed by atoms with Crippen LogP contribution in [0.1, 0.15) is 5.56 Å². The molecule has 0 saturated carbocycles. The van der Waals surface area contributed by atoms with Gasteiger partial charge in [0.05, 0.1) is 0 Å². The second-order valence-corrected chi connectivity index (χ2v) is 5.07. The highest BCUT2D eigenvalue weighted by Gasteiger charge is 2.10. The van der Waals surface area contributed by atoms with Crippen molar-refractivity contribution < 1.29 is 4.42 Å². The molecule has 0 radical (unpaired) electrons. The SMILES string of the molecule is Cc1ccc2oc(-c3nnc(Cl)s3)cc2c1. The lowest BCUT2D eigenvalue weighted by Crippen LogP contribution is -1.70. The van der Waals surface area contributed by atoms with E-state index in [0.717, 1.165) is 11.0 Å². The first-order chi connectivity index (χ1) is 7.72. The third-order valence-corrected chi connectivity index (χ3v) is 3.32. The molecule has 0 unspecified atom stereocenters. The number of rotatable bonds is 1. The Morgan fingerprint density at radius 1 is 1.25 bits per heavy atom. The van der Waals surface area contributed by atoms with E-state index < -0.39 is 0 Å². The van der Waals surface area contributed by atoms with Crippen molar-refractivity contribution in [2.24, 2.45) is 0 Å². The summed E-state index contributed by atoms with van der Waals surface area (Å²) in [6.07, 6.45) is 0. The molecular formula is C11H7ClN2OS. The van der Waals surface area contributed by atoms with Gasteiger partial charge in [0, 0.05) is 5.39 Å². The maximum absolute atomic E-state index is 5.74. The zero-order chi connectivity index (χ0) is 11.1. The zero-order valence-corrected chi connectivity index (χ0v) is 9.97. The fourth-order valence-corrected chi connectivity index (χ4v) is 2.35. The number of aromatic nitrogens is 2. The number of benzene rings is 1. The summed E-state index contributed by atoms with van der Waals surface area (Å²) < 4.78 is 6.09. The van der Waals surface area contributed by atoms with Crippen LogP contribution >= 0.6 is 22.9 Å². The first-order valence-corrected chi connectivity index (χ1v) is 5.91. The molecule has 3 rings (SSSR count). The highest BCUT2D eigenvalue weighted by molar-refractivity contribution is 7.18. The summed E-state index contributed by atoms with van der Waals surface area (Å²) >= 11 is 7.05. The Morgan fingerprint density at radius 3 is 2.88 bits per heavy atom. The normalized spacial score (nSPS) is 11.1. The van der Waals surface area contributed by atoms with Crippen LogP contribution in [0.4, 0.5) is 0 Å². The molecule has 0 N–H and O–H groups in total. The summed E-state index contributed by atoms with van der Waals surface area (Å²) in [4.78, 5) is 0. The van der Waals surface area contributed by atoms with E-state index >= 15 is 0 Å². The van der Waals surface area contributed by atoms with Gasteiger partial charge in [-0.15, -0.1) is 10.2 Å². The number of hydrogen-bond donors (Lipinski definition) is 0. The van der Waals surface area contributed by atoms with Crippen LogP contribution in [0.15, 0.2) is 28.7 Å². The fraction of sp³-hybridized carbons (Fsp3) is 0.0909. The first kappa shape index (κ1) is 9.81. The Morgan fingerprint density at radius 2 is 2.12 bits per heavy atom. The largest absolute Gasteiger partial charge is 0.453 e. The highest BCUT2D eigenvalue weighted by Crippen LogP contribution is 2.31. The number of furan rings is 1.